The second-order valence-electron chi connectivity index (χ2n) is 19.6. The van der Waals surface area contributed by atoms with Gasteiger partial charge in [0.25, 0.3) is 0 Å². The van der Waals surface area contributed by atoms with E-state index in [0.717, 1.165) is 79.2 Å². The zero-order chi connectivity index (χ0) is 49.8. The van der Waals surface area contributed by atoms with Crippen molar-refractivity contribution in [3.63, 3.8) is 0 Å². The third kappa shape index (κ3) is 6.64. The van der Waals surface area contributed by atoms with Gasteiger partial charge in [-0.2, -0.15) is 0 Å². The maximum absolute atomic E-state index is 5.48. The number of hydrogen-bond donors (Lipinski definition) is 0. The second kappa shape index (κ2) is 17.1. The first-order valence-corrected chi connectivity index (χ1v) is 27.4. The van der Waals surface area contributed by atoms with Crippen LogP contribution in [0.2, 0.25) is 0 Å². The Hall–Kier alpha value is -9.34. The van der Waals surface area contributed by atoms with Crippen molar-refractivity contribution in [2.24, 2.45) is 0 Å². The summed E-state index contributed by atoms with van der Waals surface area (Å²) in [6, 6.07) is 74.8. The van der Waals surface area contributed by atoms with E-state index in [2.05, 4.69) is 215 Å². The second-order valence-corrected chi connectivity index (χ2v) is 21.7. The molecule has 16 rings (SSSR count). The molecule has 0 radical (unpaired) electrons. The zero-order valence-corrected chi connectivity index (χ0v) is 42.4. The number of hydrogen-bond acceptors (Lipinski definition) is 6. The predicted octanol–water partition coefficient (Wildman–Crippen LogP) is 18.5. The smallest absolute Gasteiger partial charge is 0.164 e. The minimum Gasteiger partial charge on any atom is -0.309 e. The topological polar surface area (TPSA) is 61.4 Å². The number of rotatable bonds is 7. The summed E-state index contributed by atoms with van der Waals surface area (Å²) in [5.41, 5.74) is 12.4. The average molecular weight is 1010 g/mol. The van der Waals surface area contributed by atoms with Gasteiger partial charge in [-0.05, 0) is 90.8 Å². The Morgan fingerprint density at radius 1 is 0.421 bits per heavy atom. The fourth-order valence-corrected chi connectivity index (χ4v) is 14.4. The lowest BCUT2D eigenvalue weighted by atomic mass is 9.93. The lowest BCUT2D eigenvalue weighted by Gasteiger charge is -2.20. The summed E-state index contributed by atoms with van der Waals surface area (Å²) < 4.78 is 10.1. The molecule has 15 aromatic rings. The standard InChI is InChI=1S/C68H42N6S2/c1-3-17-41(18-4-1)66-70-67(42-19-5-2-6-20-42)72-68(71-66)49-32-31-44(73-55-26-11-7-23-50(55)62-58(73)36-33-47-45-21-9-13-28-60(45)75-64(47)62)40-52(49)53-39-43(54-25-15-16-38-69-54)30-35-57(53)74-56-27-12-8-24-51(56)63-59(74)37-34-48-46-22-10-14-29-61(46)76-65(48)63/h1-19,21-40,42H,20H2. The van der Waals surface area contributed by atoms with Crippen LogP contribution >= 0.6 is 22.7 Å². The van der Waals surface area contributed by atoms with E-state index in [-0.39, 0.29) is 5.92 Å². The van der Waals surface area contributed by atoms with Gasteiger partial charge in [-0.1, -0.05) is 152 Å². The molecule has 0 amide bonds. The van der Waals surface area contributed by atoms with Gasteiger partial charge >= 0.3 is 0 Å². The molecular formula is C68H42N6S2. The fraction of sp³-hybridized carbons (Fsp3) is 0.0294. The van der Waals surface area contributed by atoms with Gasteiger partial charge in [0.1, 0.15) is 5.82 Å². The first-order valence-electron chi connectivity index (χ1n) is 25.7. The number of para-hydroxylation sites is 2. The number of pyridine rings is 1. The Labute approximate surface area is 444 Å². The summed E-state index contributed by atoms with van der Waals surface area (Å²) in [6.45, 7) is 0. The third-order valence-corrected chi connectivity index (χ3v) is 17.8. The van der Waals surface area contributed by atoms with E-state index in [9.17, 15) is 0 Å². The van der Waals surface area contributed by atoms with Crippen molar-refractivity contribution in [3.8, 4) is 56.5 Å². The number of thiophene rings is 2. The van der Waals surface area contributed by atoms with Crippen LogP contribution in [0.3, 0.4) is 0 Å². The Kier molecular flexibility index (Phi) is 9.70. The van der Waals surface area contributed by atoms with Gasteiger partial charge in [0.05, 0.1) is 33.4 Å². The molecule has 1 atom stereocenters. The Balaban J connectivity index is 1.03. The quantitative estimate of drug-likeness (QED) is 0.160. The van der Waals surface area contributed by atoms with Crippen LogP contribution in [0.5, 0.6) is 0 Å². The molecule has 0 N–H and O–H groups in total. The van der Waals surface area contributed by atoms with E-state index in [1.807, 2.05) is 53.1 Å². The molecule has 0 saturated heterocycles. The molecule has 356 valence electrons. The van der Waals surface area contributed by atoms with E-state index in [4.69, 9.17) is 19.9 Å². The van der Waals surface area contributed by atoms with E-state index in [1.165, 1.54) is 61.9 Å². The summed E-state index contributed by atoms with van der Waals surface area (Å²) in [7, 11) is 0. The number of allylic oxidation sites excluding steroid dienone is 4. The molecule has 76 heavy (non-hydrogen) atoms. The zero-order valence-electron chi connectivity index (χ0n) is 40.8. The minimum atomic E-state index is -0.00772. The summed E-state index contributed by atoms with van der Waals surface area (Å²) >= 11 is 3.75. The fourth-order valence-electron chi connectivity index (χ4n) is 11.9. The first-order chi connectivity index (χ1) is 37.7. The van der Waals surface area contributed by atoms with Crippen LogP contribution in [0.1, 0.15) is 18.2 Å². The largest absolute Gasteiger partial charge is 0.309 e. The highest BCUT2D eigenvalue weighted by molar-refractivity contribution is 7.27. The summed E-state index contributed by atoms with van der Waals surface area (Å²) in [5, 5.41) is 10.1. The molecule has 1 aliphatic rings. The molecule has 0 bridgehead atoms. The molecule has 0 spiro atoms. The van der Waals surface area contributed by atoms with Gasteiger partial charge in [0.15, 0.2) is 11.6 Å². The molecule has 0 fully saturated rings. The van der Waals surface area contributed by atoms with Crippen LogP contribution in [0, 0.1) is 0 Å². The number of benzene rings is 9. The van der Waals surface area contributed by atoms with Crippen molar-refractivity contribution in [1.29, 1.82) is 0 Å². The molecule has 6 aromatic heterocycles. The predicted molar refractivity (Wildman–Crippen MR) is 319 cm³/mol. The van der Waals surface area contributed by atoms with Crippen molar-refractivity contribution in [2.45, 2.75) is 12.3 Å². The van der Waals surface area contributed by atoms with Gasteiger partial charge < -0.3 is 9.13 Å². The van der Waals surface area contributed by atoms with Gasteiger partial charge in [-0.25, -0.2) is 15.0 Å². The van der Waals surface area contributed by atoms with Crippen LogP contribution < -0.4 is 0 Å². The van der Waals surface area contributed by atoms with Crippen molar-refractivity contribution in [1.82, 2.24) is 29.1 Å². The van der Waals surface area contributed by atoms with E-state index in [1.54, 1.807) is 0 Å². The molecule has 0 saturated carbocycles. The van der Waals surface area contributed by atoms with E-state index in [0.29, 0.717) is 11.6 Å². The minimum absolute atomic E-state index is 0.00772. The summed E-state index contributed by atoms with van der Waals surface area (Å²) in [4.78, 5) is 21.1. The van der Waals surface area contributed by atoms with Crippen LogP contribution in [0.15, 0.2) is 237 Å². The highest BCUT2D eigenvalue weighted by Gasteiger charge is 2.26. The monoisotopic (exact) mass is 1010 g/mol. The molecule has 6 heterocycles. The van der Waals surface area contributed by atoms with Crippen molar-refractivity contribution < 1.29 is 0 Å². The van der Waals surface area contributed by atoms with Crippen molar-refractivity contribution >= 4 is 107 Å². The van der Waals surface area contributed by atoms with Gasteiger partial charge in [0, 0.05) is 102 Å². The average Bonchev–Trinajstić information content (AvgIpc) is 4.37. The first kappa shape index (κ1) is 43.1. The van der Waals surface area contributed by atoms with E-state index < -0.39 is 0 Å². The maximum Gasteiger partial charge on any atom is 0.164 e. The molecule has 9 aromatic carbocycles. The normalized spacial score (nSPS) is 13.8. The molecule has 1 aliphatic carbocycles. The van der Waals surface area contributed by atoms with Crippen molar-refractivity contribution in [2.75, 3.05) is 0 Å². The van der Waals surface area contributed by atoms with Gasteiger partial charge in [-0.15, -0.1) is 22.7 Å². The maximum atomic E-state index is 5.48. The molecule has 6 nitrogen and oxygen atoms in total. The molecular weight excluding hydrogens is 965 g/mol. The lowest BCUT2D eigenvalue weighted by Crippen LogP contribution is -2.08. The number of fused-ring (bicyclic) bond motifs is 14. The van der Waals surface area contributed by atoms with E-state index >= 15 is 0 Å². The lowest BCUT2D eigenvalue weighted by molar-refractivity contribution is 0.764. The van der Waals surface area contributed by atoms with Gasteiger partial charge in [-0.3, -0.25) is 4.98 Å². The molecule has 8 heteroatoms. The third-order valence-electron chi connectivity index (χ3n) is 15.3. The van der Waals surface area contributed by atoms with Crippen LogP contribution in [0.25, 0.3) is 140 Å². The highest BCUT2D eigenvalue weighted by Crippen LogP contribution is 2.48. The molecule has 1 unspecified atom stereocenters. The SMILES string of the molecule is C1=CCC(c2nc(-c3ccccc3)nc(-c3ccc(-n4c5ccccc5c5c6sc7ccccc7c6ccc54)cc3-c3cc(-c4ccccn4)ccc3-n3c4ccccc4c4c5sc6ccccc6c5ccc43)n2)C=C1. The van der Waals surface area contributed by atoms with Crippen molar-refractivity contribution in [3.05, 3.63) is 243 Å². The Morgan fingerprint density at radius 2 is 1.05 bits per heavy atom. The Bertz CT molecular complexity index is 4920. The number of nitrogens with zero attached hydrogens (tertiary/aromatic N) is 6. The van der Waals surface area contributed by atoms with Crippen LogP contribution in [0.4, 0.5) is 0 Å². The number of aromatic nitrogens is 6. The Morgan fingerprint density at radius 3 is 1.74 bits per heavy atom. The summed E-state index contributed by atoms with van der Waals surface area (Å²) in [5.74, 6) is 1.99. The summed E-state index contributed by atoms with van der Waals surface area (Å²) in [6.07, 6.45) is 11.3. The van der Waals surface area contributed by atoms with Crippen LogP contribution in [-0.4, -0.2) is 29.1 Å². The van der Waals surface area contributed by atoms with Gasteiger partial charge in [0.2, 0.25) is 0 Å². The molecule has 0 aliphatic heterocycles. The van der Waals surface area contributed by atoms with Crippen LogP contribution in [-0.2, 0) is 0 Å². The highest BCUT2D eigenvalue weighted by atomic mass is 32.1.